The maximum Gasteiger partial charge on any atom is 0.254 e. The molecule has 4 heteroatoms. The summed E-state index contributed by atoms with van der Waals surface area (Å²) in [6, 6.07) is 5.80. The highest BCUT2D eigenvalue weighted by atomic mass is 79.9. The fourth-order valence-electron chi connectivity index (χ4n) is 2.55. The summed E-state index contributed by atoms with van der Waals surface area (Å²) in [4.78, 5) is 14.3. The molecule has 0 bridgehead atoms. The molecule has 104 valence electrons. The van der Waals surface area contributed by atoms with Crippen molar-refractivity contribution < 1.29 is 9.90 Å². The first-order valence-corrected chi connectivity index (χ1v) is 7.52. The van der Waals surface area contributed by atoms with Gasteiger partial charge >= 0.3 is 0 Å². The second-order valence-electron chi connectivity index (χ2n) is 5.35. The molecule has 1 aliphatic rings. The molecule has 1 amide bonds. The van der Waals surface area contributed by atoms with Crippen LogP contribution in [-0.2, 0) is 0 Å². The maximum absolute atomic E-state index is 12.4. The van der Waals surface area contributed by atoms with Crippen LogP contribution in [-0.4, -0.2) is 35.1 Å². The molecule has 2 rings (SSSR count). The maximum atomic E-state index is 12.4. The van der Waals surface area contributed by atoms with Gasteiger partial charge in [0.25, 0.3) is 5.91 Å². The van der Waals surface area contributed by atoms with E-state index >= 15 is 0 Å². The highest BCUT2D eigenvalue weighted by Gasteiger charge is 2.26. The second-order valence-corrected chi connectivity index (χ2v) is 6.21. The number of carbonyl (C=O) groups excluding carboxylic acids is 1. The minimum atomic E-state index is -0.275. The van der Waals surface area contributed by atoms with Gasteiger partial charge < -0.3 is 10.0 Å². The number of aliphatic hydroxyl groups is 1. The molecule has 1 aliphatic heterocycles. The standard InChI is InChI=1S/C15H20BrNO2/c1-10-3-4-13(14(16)9-10)15(19)17-7-5-12(6-8-17)11(2)18/h3-4,9,11-12,18H,5-8H2,1-2H3. The van der Waals surface area contributed by atoms with E-state index in [0.717, 1.165) is 41.5 Å². The molecule has 0 radical (unpaired) electrons. The van der Waals surface area contributed by atoms with E-state index in [4.69, 9.17) is 0 Å². The molecule has 0 aromatic heterocycles. The van der Waals surface area contributed by atoms with E-state index < -0.39 is 0 Å². The lowest BCUT2D eigenvalue weighted by atomic mass is 9.92. The SMILES string of the molecule is Cc1ccc(C(=O)N2CCC(C(C)O)CC2)c(Br)c1. The van der Waals surface area contributed by atoms with Crippen molar-refractivity contribution >= 4 is 21.8 Å². The van der Waals surface area contributed by atoms with Crippen molar-refractivity contribution in [2.24, 2.45) is 5.92 Å². The van der Waals surface area contributed by atoms with Crippen LogP contribution in [0.1, 0.15) is 35.7 Å². The Labute approximate surface area is 122 Å². The van der Waals surface area contributed by atoms with Crippen molar-refractivity contribution in [2.75, 3.05) is 13.1 Å². The molecule has 1 heterocycles. The monoisotopic (exact) mass is 325 g/mol. The van der Waals surface area contributed by atoms with E-state index in [2.05, 4.69) is 15.9 Å². The fraction of sp³-hybridized carbons (Fsp3) is 0.533. The largest absolute Gasteiger partial charge is 0.393 e. The smallest absolute Gasteiger partial charge is 0.254 e. The van der Waals surface area contributed by atoms with Crippen molar-refractivity contribution in [3.63, 3.8) is 0 Å². The lowest BCUT2D eigenvalue weighted by Crippen LogP contribution is -2.40. The van der Waals surface area contributed by atoms with Gasteiger partial charge in [-0.25, -0.2) is 0 Å². The summed E-state index contributed by atoms with van der Waals surface area (Å²) in [5.74, 6) is 0.404. The molecule has 1 saturated heterocycles. The van der Waals surface area contributed by atoms with Gasteiger partial charge in [0.05, 0.1) is 11.7 Å². The normalized spacial score (nSPS) is 18.4. The number of likely N-dealkylation sites (tertiary alicyclic amines) is 1. The number of aryl methyl sites for hydroxylation is 1. The van der Waals surface area contributed by atoms with Gasteiger partial charge in [0.2, 0.25) is 0 Å². The number of piperidine rings is 1. The molecule has 0 spiro atoms. The van der Waals surface area contributed by atoms with E-state index in [1.807, 2.05) is 36.9 Å². The number of aliphatic hydroxyl groups excluding tert-OH is 1. The third kappa shape index (κ3) is 3.37. The van der Waals surface area contributed by atoms with Gasteiger partial charge in [-0.1, -0.05) is 6.07 Å². The molecule has 1 aromatic rings. The quantitative estimate of drug-likeness (QED) is 0.908. The molecule has 1 fully saturated rings. The van der Waals surface area contributed by atoms with Crippen molar-refractivity contribution in [3.8, 4) is 0 Å². The first-order valence-electron chi connectivity index (χ1n) is 6.72. The fourth-order valence-corrected chi connectivity index (χ4v) is 3.21. The Bertz CT molecular complexity index is 465. The Balaban J connectivity index is 2.05. The number of benzene rings is 1. The Morgan fingerprint density at radius 2 is 2.05 bits per heavy atom. The van der Waals surface area contributed by atoms with E-state index in [-0.39, 0.29) is 12.0 Å². The van der Waals surface area contributed by atoms with Crippen molar-refractivity contribution in [2.45, 2.75) is 32.8 Å². The van der Waals surface area contributed by atoms with E-state index in [9.17, 15) is 9.90 Å². The highest BCUT2D eigenvalue weighted by Crippen LogP contribution is 2.25. The van der Waals surface area contributed by atoms with Gasteiger partial charge in [-0.3, -0.25) is 4.79 Å². The highest BCUT2D eigenvalue weighted by molar-refractivity contribution is 9.10. The third-order valence-electron chi connectivity index (χ3n) is 3.86. The number of amides is 1. The third-order valence-corrected chi connectivity index (χ3v) is 4.52. The predicted octanol–water partition coefficient (Wildman–Crippen LogP) is 2.99. The van der Waals surface area contributed by atoms with Gasteiger partial charge in [0.15, 0.2) is 0 Å². The van der Waals surface area contributed by atoms with Gasteiger partial charge in [-0.15, -0.1) is 0 Å². The molecular formula is C15H20BrNO2. The zero-order valence-corrected chi connectivity index (χ0v) is 13.0. The Hall–Kier alpha value is -0.870. The molecule has 1 atom stereocenters. The van der Waals surface area contributed by atoms with Gasteiger partial charge in [-0.2, -0.15) is 0 Å². The molecule has 1 unspecified atom stereocenters. The number of rotatable bonds is 2. The topological polar surface area (TPSA) is 40.5 Å². The molecule has 0 aliphatic carbocycles. The van der Waals surface area contributed by atoms with E-state index in [1.54, 1.807) is 0 Å². The number of halogens is 1. The van der Waals surface area contributed by atoms with Crippen LogP contribution in [0.2, 0.25) is 0 Å². The predicted molar refractivity (Wildman–Crippen MR) is 79.2 cm³/mol. The van der Waals surface area contributed by atoms with Gasteiger partial charge in [0.1, 0.15) is 0 Å². The average Bonchev–Trinajstić information content (AvgIpc) is 2.38. The zero-order valence-electron chi connectivity index (χ0n) is 11.4. The van der Waals surface area contributed by atoms with Crippen molar-refractivity contribution in [1.82, 2.24) is 4.90 Å². The van der Waals surface area contributed by atoms with E-state index in [1.165, 1.54) is 0 Å². The zero-order chi connectivity index (χ0) is 14.0. The lowest BCUT2D eigenvalue weighted by Gasteiger charge is -2.33. The minimum Gasteiger partial charge on any atom is -0.393 e. The minimum absolute atomic E-state index is 0.0796. The van der Waals surface area contributed by atoms with Crippen LogP contribution in [0, 0.1) is 12.8 Å². The Morgan fingerprint density at radius 3 is 2.58 bits per heavy atom. The summed E-state index contributed by atoms with van der Waals surface area (Å²) in [6.45, 7) is 5.30. The Morgan fingerprint density at radius 1 is 1.42 bits per heavy atom. The number of carbonyl (C=O) groups is 1. The van der Waals surface area contributed by atoms with Crippen LogP contribution in [0.25, 0.3) is 0 Å². The first kappa shape index (κ1) is 14.5. The van der Waals surface area contributed by atoms with Crippen LogP contribution < -0.4 is 0 Å². The summed E-state index contributed by atoms with van der Waals surface area (Å²) in [5, 5.41) is 9.58. The molecular weight excluding hydrogens is 306 g/mol. The number of hydrogen-bond donors (Lipinski definition) is 1. The Kier molecular flexibility index (Phi) is 4.63. The summed E-state index contributed by atoms with van der Waals surface area (Å²) < 4.78 is 0.857. The van der Waals surface area contributed by atoms with Crippen LogP contribution in [0.5, 0.6) is 0 Å². The molecule has 1 N–H and O–H groups in total. The average molecular weight is 326 g/mol. The van der Waals surface area contributed by atoms with Crippen LogP contribution >= 0.6 is 15.9 Å². The molecule has 0 saturated carbocycles. The molecule has 3 nitrogen and oxygen atoms in total. The van der Waals surface area contributed by atoms with Crippen LogP contribution in [0.4, 0.5) is 0 Å². The van der Waals surface area contributed by atoms with E-state index in [0.29, 0.717) is 5.92 Å². The van der Waals surface area contributed by atoms with Crippen LogP contribution in [0.3, 0.4) is 0 Å². The molecule has 1 aromatic carbocycles. The van der Waals surface area contributed by atoms with Crippen molar-refractivity contribution in [1.29, 1.82) is 0 Å². The lowest BCUT2D eigenvalue weighted by molar-refractivity contribution is 0.0520. The van der Waals surface area contributed by atoms with Gasteiger partial charge in [-0.05, 0) is 66.2 Å². The summed E-state index contributed by atoms with van der Waals surface area (Å²) >= 11 is 3.46. The molecule has 19 heavy (non-hydrogen) atoms. The van der Waals surface area contributed by atoms with Crippen molar-refractivity contribution in [3.05, 3.63) is 33.8 Å². The van der Waals surface area contributed by atoms with Crippen LogP contribution in [0.15, 0.2) is 22.7 Å². The summed E-state index contributed by atoms with van der Waals surface area (Å²) in [6.07, 6.45) is 1.49. The number of hydrogen-bond acceptors (Lipinski definition) is 2. The van der Waals surface area contributed by atoms with Gasteiger partial charge in [0, 0.05) is 17.6 Å². The summed E-state index contributed by atoms with van der Waals surface area (Å²) in [5.41, 5.74) is 1.86. The first-order chi connectivity index (χ1) is 8.99. The summed E-state index contributed by atoms with van der Waals surface area (Å²) in [7, 11) is 0. The number of nitrogens with zero attached hydrogens (tertiary/aromatic N) is 1. The second kappa shape index (κ2) is 6.06.